The highest BCUT2D eigenvalue weighted by atomic mass is 32.3. The first-order chi connectivity index (χ1) is 12.6. The van der Waals surface area contributed by atoms with E-state index in [1.54, 1.807) is 0 Å². The lowest BCUT2D eigenvalue weighted by Crippen LogP contribution is -2.33. The summed E-state index contributed by atoms with van der Waals surface area (Å²) in [6.07, 6.45) is 23.2. The van der Waals surface area contributed by atoms with Gasteiger partial charge in [0.05, 0.1) is 6.42 Å². The number of carbonyl (C=O) groups is 1. The maximum atomic E-state index is 11.9. The molecule has 1 aliphatic rings. The first-order valence-corrected chi connectivity index (χ1v) is 14.2. The fourth-order valence-electron chi connectivity index (χ4n) is 3.94. The molecule has 1 saturated heterocycles. The molecule has 26 heavy (non-hydrogen) atoms. The summed E-state index contributed by atoms with van der Waals surface area (Å²) in [5, 5.41) is 0. The molecule has 0 aliphatic carbocycles. The first kappa shape index (κ1) is 24.6. The van der Waals surface area contributed by atoms with Gasteiger partial charge in [0, 0.05) is 5.92 Å². The minimum absolute atomic E-state index is 0.00426. The van der Waals surface area contributed by atoms with Crippen LogP contribution >= 0.6 is 35.3 Å². The van der Waals surface area contributed by atoms with Gasteiger partial charge < -0.3 is 4.74 Å². The van der Waals surface area contributed by atoms with E-state index in [1.807, 2.05) is 35.3 Å². The molecule has 0 aromatic rings. The molecule has 1 heterocycles. The maximum Gasteiger partial charge on any atom is 0.306 e. The van der Waals surface area contributed by atoms with Crippen LogP contribution < -0.4 is 0 Å². The Hall–Kier alpha value is 0.520. The van der Waals surface area contributed by atoms with E-state index in [4.69, 9.17) is 4.74 Å². The second kappa shape index (κ2) is 14.5. The van der Waals surface area contributed by atoms with E-state index in [0.717, 1.165) is 6.42 Å². The zero-order valence-corrected chi connectivity index (χ0v) is 19.8. The van der Waals surface area contributed by atoms with Gasteiger partial charge in [0.25, 0.3) is 0 Å². The Labute approximate surface area is 175 Å². The number of unbranched alkanes of at least 4 members (excludes halogenated alkanes) is 10. The Morgan fingerprint density at radius 1 is 0.846 bits per heavy atom. The molecule has 2 nitrogen and oxygen atoms in total. The van der Waals surface area contributed by atoms with Crippen molar-refractivity contribution in [2.24, 2.45) is 5.92 Å². The maximum absolute atomic E-state index is 11.9. The van der Waals surface area contributed by atoms with Crippen molar-refractivity contribution in [1.82, 2.24) is 0 Å². The van der Waals surface area contributed by atoms with Crippen LogP contribution in [0.4, 0.5) is 0 Å². The normalized spacial score (nSPS) is 20.5. The standard InChI is InChI=1S/C21H40O2S3/c1-5-6-7-8-9-10-11-12-13-14-15-16-19-18(17-20(22)23-19)21(24-2,25-3)26-4/h18-19H,5-17H2,1-4H3/t18-,19+/m0/s1. The Balaban J connectivity index is 2.18. The third-order valence-electron chi connectivity index (χ3n) is 5.52. The second-order valence-corrected chi connectivity index (χ2v) is 11.3. The highest BCUT2D eigenvalue weighted by Crippen LogP contribution is 2.54. The number of hydrogen-bond acceptors (Lipinski definition) is 5. The van der Waals surface area contributed by atoms with Gasteiger partial charge in [-0.15, -0.1) is 35.3 Å². The highest BCUT2D eigenvalue weighted by molar-refractivity contribution is 8.33. The predicted octanol–water partition coefficient (Wildman–Crippen LogP) is 7.36. The molecular weight excluding hydrogens is 380 g/mol. The minimum atomic E-state index is 0.00426. The average molecular weight is 421 g/mol. The van der Waals surface area contributed by atoms with Gasteiger partial charge in [0.1, 0.15) is 9.52 Å². The van der Waals surface area contributed by atoms with E-state index < -0.39 is 0 Å². The van der Waals surface area contributed by atoms with Crippen LogP contribution in [0.5, 0.6) is 0 Å². The van der Waals surface area contributed by atoms with Crippen molar-refractivity contribution in [2.45, 2.75) is 99.9 Å². The molecule has 2 atom stereocenters. The van der Waals surface area contributed by atoms with Crippen LogP contribution in [0.2, 0.25) is 0 Å². The van der Waals surface area contributed by atoms with Gasteiger partial charge in [-0.05, 0) is 31.6 Å². The first-order valence-electron chi connectivity index (χ1n) is 10.5. The molecule has 0 N–H and O–H groups in total. The van der Waals surface area contributed by atoms with E-state index in [0.29, 0.717) is 12.3 Å². The van der Waals surface area contributed by atoms with Crippen LogP contribution in [0.3, 0.4) is 0 Å². The lowest BCUT2D eigenvalue weighted by atomic mass is 9.97. The minimum Gasteiger partial charge on any atom is -0.462 e. The fourth-order valence-corrected chi connectivity index (χ4v) is 7.55. The van der Waals surface area contributed by atoms with Crippen molar-refractivity contribution >= 4 is 41.3 Å². The van der Waals surface area contributed by atoms with E-state index in [2.05, 4.69) is 25.7 Å². The smallest absolute Gasteiger partial charge is 0.306 e. The third-order valence-corrected chi connectivity index (χ3v) is 11.1. The third kappa shape index (κ3) is 8.26. The summed E-state index contributed by atoms with van der Waals surface area (Å²) < 4.78 is 5.75. The lowest BCUT2D eigenvalue weighted by molar-refractivity contribution is -0.141. The molecule has 5 heteroatoms. The van der Waals surface area contributed by atoms with E-state index >= 15 is 0 Å². The summed E-state index contributed by atoms with van der Waals surface area (Å²) in [6, 6.07) is 0. The second-order valence-electron chi connectivity index (χ2n) is 7.38. The number of rotatable bonds is 16. The molecular formula is C21H40O2S3. The highest BCUT2D eigenvalue weighted by Gasteiger charge is 2.48. The Bertz CT molecular complexity index is 364. The van der Waals surface area contributed by atoms with Gasteiger partial charge in [-0.1, -0.05) is 71.1 Å². The van der Waals surface area contributed by atoms with Crippen molar-refractivity contribution in [2.75, 3.05) is 18.8 Å². The summed E-state index contributed by atoms with van der Waals surface area (Å²) in [5.41, 5.74) is 0. The fraction of sp³-hybridized carbons (Fsp3) is 0.952. The zero-order chi connectivity index (χ0) is 19.3. The summed E-state index contributed by atoms with van der Waals surface area (Å²) in [5.74, 6) is 0.336. The molecule has 154 valence electrons. The van der Waals surface area contributed by atoms with Gasteiger partial charge in [0.2, 0.25) is 0 Å². The molecule has 0 unspecified atom stereocenters. The molecule has 0 bridgehead atoms. The molecule has 0 spiro atoms. The number of cyclic esters (lactones) is 1. The van der Waals surface area contributed by atoms with Gasteiger partial charge in [-0.3, -0.25) is 4.79 Å². The predicted molar refractivity (Wildman–Crippen MR) is 122 cm³/mol. The quantitative estimate of drug-likeness (QED) is 0.148. The molecule has 0 saturated carbocycles. The van der Waals surface area contributed by atoms with Gasteiger partial charge in [-0.25, -0.2) is 0 Å². The van der Waals surface area contributed by atoms with Crippen molar-refractivity contribution in [3.05, 3.63) is 0 Å². The van der Waals surface area contributed by atoms with Gasteiger partial charge >= 0.3 is 5.97 Å². The van der Waals surface area contributed by atoms with Gasteiger partial charge in [0.15, 0.2) is 0 Å². The largest absolute Gasteiger partial charge is 0.462 e. The van der Waals surface area contributed by atoms with Crippen molar-refractivity contribution in [1.29, 1.82) is 0 Å². The zero-order valence-electron chi connectivity index (χ0n) is 17.4. The van der Waals surface area contributed by atoms with Crippen LogP contribution in [0, 0.1) is 5.92 Å². The summed E-state index contributed by atoms with van der Waals surface area (Å²) in [6.45, 7) is 2.28. The summed E-state index contributed by atoms with van der Waals surface area (Å²) in [4.78, 5) is 11.9. The SMILES string of the molecule is CCCCCCCCCCCCC[C@H]1OC(=O)C[C@@H]1C(SC)(SC)SC. The molecule has 0 aromatic carbocycles. The molecule has 0 aromatic heterocycles. The van der Waals surface area contributed by atoms with E-state index in [1.165, 1.54) is 70.6 Å². The van der Waals surface area contributed by atoms with Crippen LogP contribution in [0.15, 0.2) is 0 Å². The van der Waals surface area contributed by atoms with Crippen molar-refractivity contribution in [3.63, 3.8) is 0 Å². The monoisotopic (exact) mass is 420 g/mol. The number of ether oxygens (including phenoxy) is 1. The number of hydrogen-bond donors (Lipinski definition) is 0. The topological polar surface area (TPSA) is 26.3 Å². The summed E-state index contributed by atoms with van der Waals surface area (Å²) in [7, 11) is 0. The Morgan fingerprint density at radius 2 is 1.31 bits per heavy atom. The number of carbonyl (C=O) groups excluding carboxylic acids is 1. The van der Waals surface area contributed by atoms with Crippen molar-refractivity contribution in [3.8, 4) is 0 Å². The summed E-state index contributed by atoms with van der Waals surface area (Å²) >= 11 is 5.62. The Morgan fingerprint density at radius 3 is 1.77 bits per heavy atom. The van der Waals surface area contributed by atoms with Crippen molar-refractivity contribution < 1.29 is 9.53 Å². The van der Waals surface area contributed by atoms with Crippen LogP contribution in [-0.2, 0) is 9.53 Å². The number of thioether (sulfide) groups is 3. The van der Waals surface area contributed by atoms with E-state index in [9.17, 15) is 4.79 Å². The Kier molecular flexibility index (Phi) is 13.7. The van der Waals surface area contributed by atoms with Gasteiger partial charge in [-0.2, -0.15) is 0 Å². The molecule has 1 fully saturated rings. The molecule has 0 radical (unpaired) electrons. The van der Waals surface area contributed by atoms with E-state index in [-0.39, 0.29) is 15.5 Å². The molecule has 1 aliphatic heterocycles. The molecule has 0 amide bonds. The van der Waals surface area contributed by atoms with Crippen LogP contribution in [0.1, 0.15) is 90.4 Å². The van der Waals surface area contributed by atoms with Crippen LogP contribution in [-0.4, -0.2) is 34.3 Å². The van der Waals surface area contributed by atoms with Crippen LogP contribution in [0.25, 0.3) is 0 Å². The lowest BCUT2D eigenvalue weighted by Gasteiger charge is -2.36. The average Bonchev–Trinajstić information content (AvgIpc) is 3.03. The number of esters is 1. The molecule has 1 rings (SSSR count).